The van der Waals surface area contributed by atoms with Crippen LogP contribution in [0, 0.1) is 24.1 Å². The van der Waals surface area contributed by atoms with Crippen LogP contribution in [0.15, 0.2) is 43.0 Å². The largest absolute Gasteiger partial charge is 0.482 e. The number of ether oxygens (including phenoxy) is 1. The van der Waals surface area contributed by atoms with Crippen LogP contribution in [0.1, 0.15) is 48.9 Å². The third-order valence-corrected chi connectivity index (χ3v) is 6.15. The van der Waals surface area contributed by atoms with Gasteiger partial charge in [0.1, 0.15) is 40.5 Å². The van der Waals surface area contributed by atoms with Crippen LogP contribution in [-0.4, -0.2) is 37.5 Å². The second-order valence-corrected chi connectivity index (χ2v) is 8.28. The first-order valence-electron chi connectivity index (χ1n) is 11.0. The highest BCUT2D eigenvalue weighted by Crippen LogP contribution is 2.35. The molecule has 1 fully saturated rings. The molecule has 2 atom stereocenters. The zero-order chi connectivity index (χ0) is 22.9. The second kappa shape index (κ2) is 8.64. The lowest BCUT2D eigenvalue weighted by Crippen LogP contribution is -2.32. The van der Waals surface area contributed by atoms with E-state index in [1.165, 1.54) is 24.5 Å². The van der Waals surface area contributed by atoms with Gasteiger partial charge in [-0.2, -0.15) is 15.5 Å². The molecule has 168 valence electrons. The van der Waals surface area contributed by atoms with Crippen molar-refractivity contribution in [2.45, 2.75) is 38.8 Å². The van der Waals surface area contributed by atoms with Crippen molar-refractivity contribution in [3.8, 4) is 22.9 Å². The highest BCUT2D eigenvalue weighted by Gasteiger charge is 2.22. The number of halogens is 1. The van der Waals surface area contributed by atoms with Crippen molar-refractivity contribution < 1.29 is 9.13 Å². The van der Waals surface area contributed by atoms with E-state index in [1.807, 2.05) is 18.5 Å². The quantitative estimate of drug-likeness (QED) is 0.500. The minimum absolute atomic E-state index is 0.202. The summed E-state index contributed by atoms with van der Waals surface area (Å²) in [6, 6.07) is 7.23. The van der Waals surface area contributed by atoms with E-state index in [9.17, 15) is 9.65 Å². The predicted octanol–water partition coefficient (Wildman–Crippen LogP) is 3.98. The van der Waals surface area contributed by atoms with Crippen LogP contribution in [0.2, 0.25) is 0 Å². The van der Waals surface area contributed by atoms with E-state index in [1.54, 1.807) is 11.4 Å². The van der Waals surface area contributed by atoms with Crippen LogP contribution >= 0.6 is 0 Å². The molecule has 1 N–H and O–H groups in total. The first kappa shape index (κ1) is 21.1. The second-order valence-electron chi connectivity index (χ2n) is 8.28. The molecular formula is C24H24FN7O. The Morgan fingerprint density at radius 1 is 1.33 bits per heavy atom. The molecule has 0 spiro atoms. The van der Waals surface area contributed by atoms with Crippen molar-refractivity contribution in [3.05, 3.63) is 65.8 Å². The van der Waals surface area contributed by atoms with Gasteiger partial charge in [-0.1, -0.05) is 0 Å². The molecule has 4 aromatic rings. The fraction of sp³-hybridized carbons (Fsp3) is 0.333. The van der Waals surface area contributed by atoms with E-state index in [0.717, 1.165) is 42.8 Å². The number of nitriles is 1. The molecule has 9 heteroatoms. The molecule has 0 saturated carbocycles. The summed E-state index contributed by atoms with van der Waals surface area (Å²) in [6.45, 7) is 5.72. The Bertz CT molecular complexity index is 1350. The van der Waals surface area contributed by atoms with Crippen molar-refractivity contribution in [2.75, 3.05) is 13.1 Å². The molecule has 0 radical (unpaired) electrons. The summed E-state index contributed by atoms with van der Waals surface area (Å²) in [5, 5.41) is 22.0. The minimum atomic E-state index is -0.663. The van der Waals surface area contributed by atoms with Gasteiger partial charge in [-0.3, -0.25) is 9.67 Å². The van der Waals surface area contributed by atoms with Crippen LogP contribution in [0.3, 0.4) is 0 Å². The summed E-state index contributed by atoms with van der Waals surface area (Å²) in [5.41, 5.74) is 3.97. The van der Waals surface area contributed by atoms with Crippen LogP contribution < -0.4 is 10.1 Å². The van der Waals surface area contributed by atoms with Gasteiger partial charge in [0.15, 0.2) is 0 Å². The summed E-state index contributed by atoms with van der Waals surface area (Å²) in [6.07, 6.45) is 8.29. The molecule has 1 saturated heterocycles. The van der Waals surface area contributed by atoms with Crippen LogP contribution in [-0.2, 0) is 0 Å². The monoisotopic (exact) mass is 445 g/mol. The molecule has 1 aliphatic rings. The zero-order valence-electron chi connectivity index (χ0n) is 18.5. The average molecular weight is 446 g/mol. The minimum Gasteiger partial charge on any atom is -0.482 e. The van der Waals surface area contributed by atoms with Gasteiger partial charge in [-0.05, 0) is 51.4 Å². The van der Waals surface area contributed by atoms with Gasteiger partial charge >= 0.3 is 0 Å². The van der Waals surface area contributed by atoms with Crippen molar-refractivity contribution in [2.24, 2.45) is 0 Å². The molecule has 5 heterocycles. The van der Waals surface area contributed by atoms with Crippen LogP contribution in [0.5, 0.6) is 5.75 Å². The molecule has 0 bridgehead atoms. The predicted molar refractivity (Wildman–Crippen MR) is 120 cm³/mol. The maximum Gasteiger partial charge on any atom is 0.148 e. The molecule has 4 aromatic heterocycles. The summed E-state index contributed by atoms with van der Waals surface area (Å²) in [5.74, 6) is -0.00464. The number of rotatable bonds is 5. The van der Waals surface area contributed by atoms with E-state index in [-0.39, 0.29) is 5.69 Å². The molecule has 5 rings (SSSR count). The van der Waals surface area contributed by atoms with Crippen LogP contribution in [0.4, 0.5) is 4.39 Å². The number of hydrogen-bond acceptors (Lipinski definition) is 6. The molecular weight excluding hydrogens is 421 g/mol. The Labute approximate surface area is 190 Å². The number of pyridine rings is 2. The summed E-state index contributed by atoms with van der Waals surface area (Å²) >= 11 is 0. The number of fused-ring (bicyclic) bond motifs is 1. The third-order valence-electron chi connectivity index (χ3n) is 6.15. The lowest BCUT2D eigenvalue weighted by Gasteiger charge is -2.24. The number of aromatic nitrogens is 5. The fourth-order valence-electron chi connectivity index (χ4n) is 4.46. The van der Waals surface area contributed by atoms with Gasteiger partial charge in [0, 0.05) is 35.8 Å². The molecule has 1 aliphatic heterocycles. The zero-order valence-corrected chi connectivity index (χ0v) is 18.5. The smallest absolute Gasteiger partial charge is 0.148 e. The van der Waals surface area contributed by atoms with Gasteiger partial charge < -0.3 is 10.1 Å². The molecule has 33 heavy (non-hydrogen) atoms. The Kier molecular flexibility index (Phi) is 5.52. The first-order chi connectivity index (χ1) is 16.1. The Hall–Kier alpha value is -3.77. The van der Waals surface area contributed by atoms with Gasteiger partial charge in [0.25, 0.3) is 0 Å². The maximum absolute atomic E-state index is 14.3. The molecule has 8 nitrogen and oxygen atoms in total. The average Bonchev–Trinajstić information content (AvgIpc) is 3.43. The standard InChI is InChI=1S/C24H24FN7O/c1-15-20(13-30-32(15)19-5-3-7-27-12-19)17-9-22(24-18(10-26)11-29-31(24)14-17)33-16(2)23-21(25)6-4-8-28-23/h4,6,8-9,11,13-14,16,19,27H,3,5,7,12H2,1-2H3/t16-,19+/m1/s1. The fourth-order valence-corrected chi connectivity index (χ4v) is 4.46. The molecule has 0 aliphatic carbocycles. The SMILES string of the molecule is Cc1c(-c2cc(O[C@H](C)c3ncccc3F)c3c(C#N)cnn3c2)cnn1[C@H]1CCCNC1. The van der Waals surface area contributed by atoms with Crippen molar-refractivity contribution >= 4 is 5.52 Å². The summed E-state index contributed by atoms with van der Waals surface area (Å²) in [4.78, 5) is 4.13. The Balaban J connectivity index is 1.57. The Morgan fingerprint density at radius 3 is 2.97 bits per heavy atom. The highest BCUT2D eigenvalue weighted by atomic mass is 19.1. The van der Waals surface area contributed by atoms with E-state index in [2.05, 4.69) is 38.2 Å². The van der Waals surface area contributed by atoms with Gasteiger partial charge in [-0.25, -0.2) is 8.91 Å². The van der Waals surface area contributed by atoms with Gasteiger partial charge in [0.2, 0.25) is 0 Å². The van der Waals surface area contributed by atoms with E-state index < -0.39 is 11.9 Å². The van der Waals surface area contributed by atoms with Crippen molar-refractivity contribution in [1.82, 2.24) is 29.7 Å². The number of hydrogen-bond donors (Lipinski definition) is 1. The lowest BCUT2D eigenvalue weighted by molar-refractivity contribution is 0.218. The summed E-state index contributed by atoms with van der Waals surface area (Å²) < 4.78 is 24.2. The molecule has 0 unspecified atom stereocenters. The first-order valence-corrected chi connectivity index (χ1v) is 11.0. The van der Waals surface area contributed by atoms with E-state index in [0.29, 0.717) is 22.9 Å². The van der Waals surface area contributed by atoms with Crippen LogP contribution in [0.25, 0.3) is 16.6 Å². The number of nitrogens with one attached hydrogen (secondary N) is 1. The molecule has 0 amide bonds. The topological polar surface area (TPSA) is 93.1 Å². The van der Waals surface area contributed by atoms with E-state index >= 15 is 0 Å². The summed E-state index contributed by atoms with van der Waals surface area (Å²) in [7, 11) is 0. The highest BCUT2D eigenvalue weighted by molar-refractivity contribution is 5.76. The van der Waals surface area contributed by atoms with Crippen molar-refractivity contribution in [3.63, 3.8) is 0 Å². The van der Waals surface area contributed by atoms with Crippen molar-refractivity contribution in [1.29, 1.82) is 5.26 Å². The van der Waals surface area contributed by atoms with Gasteiger partial charge in [-0.15, -0.1) is 0 Å². The Morgan fingerprint density at radius 2 is 2.21 bits per heavy atom. The lowest BCUT2D eigenvalue weighted by atomic mass is 10.1. The third kappa shape index (κ3) is 3.83. The normalized spacial score (nSPS) is 17.1. The number of piperidine rings is 1. The van der Waals surface area contributed by atoms with Gasteiger partial charge in [0.05, 0.1) is 18.4 Å². The number of nitrogens with zero attached hydrogens (tertiary/aromatic N) is 6. The maximum atomic E-state index is 14.3. The molecule has 0 aromatic carbocycles. The van der Waals surface area contributed by atoms with E-state index in [4.69, 9.17) is 4.74 Å².